The van der Waals surface area contributed by atoms with Crippen LogP contribution in [0.25, 0.3) is 0 Å². The molecule has 13 heavy (non-hydrogen) atoms. The summed E-state index contributed by atoms with van der Waals surface area (Å²) in [4.78, 5) is 0. The lowest BCUT2D eigenvalue weighted by Crippen LogP contribution is -2.11. The monoisotopic (exact) mass is 211 g/mol. The van der Waals surface area contributed by atoms with Crippen LogP contribution in [-0.2, 0) is 0 Å². The predicted octanol–water partition coefficient (Wildman–Crippen LogP) is 3.84. The van der Waals surface area contributed by atoms with Gasteiger partial charge in [-0.25, -0.2) is 0 Å². The third-order valence-electron chi connectivity index (χ3n) is 1.48. The zero-order valence-electron chi connectivity index (χ0n) is 7.66. The van der Waals surface area contributed by atoms with Crippen LogP contribution in [0, 0.1) is 6.92 Å². The second-order valence-electron chi connectivity index (χ2n) is 2.51. The van der Waals surface area contributed by atoms with Crippen LogP contribution in [0.2, 0.25) is 0 Å². The Balaban J connectivity index is 3.94. The SMILES string of the molecule is [CH2]CCSCC=C(CC)C(F)(F)F. The van der Waals surface area contributed by atoms with E-state index in [1.54, 1.807) is 0 Å². The summed E-state index contributed by atoms with van der Waals surface area (Å²) in [5.41, 5.74) is -0.427. The molecule has 0 aliphatic rings. The van der Waals surface area contributed by atoms with Crippen LogP contribution in [-0.4, -0.2) is 17.7 Å². The van der Waals surface area contributed by atoms with Gasteiger partial charge in [-0.1, -0.05) is 19.9 Å². The summed E-state index contributed by atoms with van der Waals surface area (Å²) < 4.78 is 36.4. The molecule has 4 heteroatoms. The van der Waals surface area contributed by atoms with Gasteiger partial charge in [0.15, 0.2) is 0 Å². The van der Waals surface area contributed by atoms with E-state index >= 15 is 0 Å². The van der Waals surface area contributed by atoms with Crippen molar-refractivity contribution >= 4 is 11.8 Å². The molecule has 0 heterocycles. The van der Waals surface area contributed by atoms with Gasteiger partial charge in [0.1, 0.15) is 0 Å². The molecule has 0 bridgehead atoms. The van der Waals surface area contributed by atoms with Gasteiger partial charge in [0, 0.05) is 11.3 Å². The summed E-state index contributed by atoms with van der Waals surface area (Å²) in [7, 11) is 0. The largest absolute Gasteiger partial charge is 0.412 e. The van der Waals surface area contributed by atoms with Gasteiger partial charge >= 0.3 is 6.18 Å². The fourth-order valence-electron chi connectivity index (χ4n) is 0.805. The first kappa shape index (κ1) is 12.9. The number of halogens is 3. The van der Waals surface area contributed by atoms with Crippen LogP contribution < -0.4 is 0 Å². The zero-order chi connectivity index (χ0) is 10.3. The lowest BCUT2D eigenvalue weighted by atomic mass is 10.2. The molecule has 0 saturated carbocycles. The van der Waals surface area contributed by atoms with E-state index in [-0.39, 0.29) is 6.42 Å². The fourth-order valence-corrected chi connectivity index (χ4v) is 1.50. The third-order valence-corrected chi connectivity index (χ3v) is 2.46. The topological polar surface area (TPSA) is 0 Å². The number of hydrogen-bond acceptors (Lipinski definition) is 1. The molecule has 0 amide bonds. The van der Waals surface area contributed by atoms with Gasteiger partial charge < -0.3 is 0 Å². The lowest BCUT2D eigenvalue weighted by molar-refractivity contribution is -0.0936. The molecule has 0 aromatic heterocycles. The highest BCUT2D eigenvalue weighted by Gasteiger charge is 2.31. The second kappa shape index (κ2) is 6.35. The molecule has 0 aliphatic heterocycles. The highest BCUT2D eigenvalue weighted by atomic mass is 32.2. The quantitative estimate of drug-likeness (QED) is 0.491. The van der Waals surface area contributed by atoms with Crippen LogP contribution in [0.5, 0.6) is 0 Å². The summed E-state index contributed by atoms with van der Waals surface area (Å²) in [5, 5.41) is 0. The Morgan fingerprint density at radius 2 is 2.08 bits per heavy atom. The van der Waals surface area contributed by atoms with Crippen LogP contribution in [0.4, 0.5) is 13.2 Å². The molecule has 0 aromatic carbocycles. The Morgan fingerprint density at radius 1 is 1.46 bits per heavy atom. The van der Waals surface area contributed by atoms with E-state index < -0.39 is 11.7 Å². The van der Waals surface area contributed by atoms with E-state index in [9.17, 15) is 13.2 Å². The summed E-state index contributed by atoms with van der Waals surface area (Å²) >= 11 is 1.47. The maximum absolute atomic E-state index is 12.1. The minimum absolute atomic E-state index is 0.0500. The normalized spacial score (nSPS) is 13.5. The van der Waals surface area contributed by atoms with E-state index in [2.05, 4.69) is 6.92 Å². The molecule has 0 aromatic rings. The molecular weight excluding hydrogens is 197 g/mol. The molecule has 0 fully saturated rings. The van der Waals surface area contributed by atoms with E-state index in [1.165, 1.54) is 24.8 Å². The maximum Gasteiger partial charge on any atom is 0.412 e. The van der Waals surface area contributed by atoms with Crippen molar-refractivity contribution in [3.63, 3.8) is 0 Å². The van der Waals surface area contributed by atoms with Crippen LogP contribution in [0.15, 0.2) is 11.6 Å². The third kappa shape index (κ3) is 6.02. The van der Waals surface area contributed by atoms with Crippen LogP contribution in [0.1, 0.15) is 19.8 Å². The van der Waals surface area contributed by atoms with Crippen LogP contribution in [0.3, 0.4) is 0 Å². The first-order valence-corrected chi connectivity index (χ1v) is 5.31. The van der Waals surface area contributed by atoms with Gasteiger partial charge in [-0.05, 0) is 18.6 Å². The zero-order valence-corrected chi connectivity index (χ0v) is 8.47. The molecule has 0 saturated heterocycles. The first-order chi connectivity index (χ1) is 6.02. The minimum atomic E-state index is -4.15. The number of alkyl halides is 3. The van der Waals surface area contributed by atoms with Gasteiger partial charge in [-0.3, -0.25) is 0 Å². The Labute approximate surface area is 81.6 Å². The molecule has 77 valence electrons. The minimum Gasteiger partial charge on any atom is -0.166 e. The summed E-state index contributed by atoms with van der Waals surface area (Å²) in [5.74, 6) is 1.24. The molecule has 0 atom stereocenters. The predicted molar refractivity (Wildman–Crippen MR) is 51.7 cm³/mol. The number of rotatable bonds is 5. The lowest BCUT2D eigenvalue weighted by Gasteiger charge is -2.08. The molecular formula is C9H14F3S. The Kier molecular flexibility index (Phi) is 6.29. The first-order valence-electron chi connectivity index (χ1n) is 4.15. The molecule has 1 radical (unpaired) electrons. The van der Waals surface area contributed by atoms with E-state index in [1.807, 2.05) is 0 Å². The van der Waals surface area contributed by atoms with Crippen molar-refractivity contribution in [2.75, 3.05) is 11.5 Å². The van der Waals surface area contributed by atoms with Crippen molar-refractivity contribution in [1.82, 2.24) is 0 Å². The van der Waals surface area contributed by atoms with Crippen molar-refractivity contribution in [3.05, 3.63) is 18.6 Å². The van der Waals surface area contributed by atoms with Crippen molar-refractivity contribution in [2.24, 2.45) is 0 Å². The molecule has 0 rings (SSSR count). The van der Waals surface area contributed by atoms with Gasteiger partial charge in [-0.15, -0.1) is 0 Å². The highest BCUT2D eigenvalue weighted by molar-refractivity contribution is 7.99. The number of allylic oxidation sites excluding steroid dienone is 1. The van der Waals surface area contributed by atoms with Gasteiger partial charge in [0.2, 0.25) is 0 Å². The number of hydrogen-bond donors (Lipinski definition) is 0. The van der Waals surface area contributed by atoms with Crippen molar-refractivity contribution < 1.29 is 13.2 Å². The summed E-state index contributed by atoms with van der Waals surface area (Å²) in [6, 6.07) is 0. The maximum atomic E-state index is 12.1. The smallest absolute Gasteiger partial charge is 0.166 e. The Morgan fingerprint density at radius 3 is 2.46 bits per heavy atom. The van der Waals surface area contributed by atoms with Crippen LogP contribution >= 0.6 is 11.8 Å². The van der Waals surface area contributed by atoms with E-state index in [0.717, 1.165) is 12.2 Å². The second-order valence-corrected chi connectivity index (χ2v) is 3.66. The van der Waals surface area contributed by atoms with Gasteiger partial charge in [-0.2, -0.15) is 24.9 Å². The average molecular weight is 211 g/mol. The van der Waals surface area contributed by atoms with Crippen molar-refractivity contribution in [2.45, 2.75) is 25.9 Å². The molecule has 0 unspecified atom stereocenters. The number of thioether (sulfide) groups is 1. The molecule has 0 spiro atoms. The average Bonchev–Trinajstić information content (AvgIpc) is 2.02. The van der Waals surface area contributed by atoms with Crippen molar-refractivity contribution in [1.29, 1.82) is 0 Å². The Bertz CT molecular complexity index is 161. The summed E-state index contributed by atoms with van der Waals surface area (Å²) in [6.07, 6.45) is -2.08. The highest BCUT2D eigenvalue weighted by Crippen LogP contribution is 2.28. The Hall–Kier alpha value is -0.120. The molecule has 0 N–H and O–H groups in total. The molecule has 0 nitrogen and oxygen atoms in total. The summed E-state index contributed by atoms with van der Waals surface area (Å²) in [6.45, 7) is 5.13. The van der Waals surface area contributed by atoms with E-state index in [0.29, 0.717) is 5.75 Å². The van der Waals surface area contributed by atoms with E-state index in [4.69, 9.17) is 0 Å². The van der Waals surface area contributed by atoms with Gasteiger partial charge in [0.05, 0.1) is 0 Å². The van der Waals surface area contributed by atoms with Crippen molar-refractivity contribution in [3.8, 4) is 0 Å². The molecule has 0 aliphatic carbocycles. The van der Waals surface area contributed by atoms with Gasteiger partial charge in [0.25, 0.3) is 0 Å². The fraction of sp³-hybridized carbons (Fsp3) is 0.667. The standard InChI is InChI=1S/C9H14F3S/c1-3-6-13-7-5-8(4-2)9(10,11)12/h5H,1,3-4,6-7H2,2H3.